The molecular weight excluding hydrogens is 206 g/mol. The van der Waals surface area contributed by atoms with Crippen molar-refractivity contribution in [2.24, 2.45) is 11.7 Å². The average molecular weight is 227 g/mol. The van der Waals surface area contributed by atoms with E-state index in [1.165, 1.54) is 0 Å². The molecule has 2 amide bonds. The first-order valence-electron chi connectivity index (χ1n) is 5.91. The van der Waals surface area contributed by atoms with Gasteiger partial charge in [-0.2, -0.15) is 0 Å². The molecule has 1 aliphatic rings. The second-order valence-electron chi connectivity index (χ2n) is 4.31. The Balaban J connectivity index is 2.25. The molecule has 5 nitrogen and oxygen atoms in total. The molecule has 0 unspecified atom stereocenters. The van der Waals surface area contributed by atoms with E-state index in [2.05, 4.69) is 5.32 Å². The minimum Gasteiger partial charge on any atom is -0.369 e. The molecule has 0 saturated carbocycles. The topological polar surface area (TPSA) is 75.4 Å². The van der Waals surface area contributed by atoms with Gasteiger partial charge in [0.15, 0.2) is 0 Å². The Morgan fingerprint density at radius 2 is 2.00 bits per heavy atom. The third-order valence-corrected chi connectivity index (χ3v) is 2.89. The summed E-state index contributed by atoms with van der Waals surface area (Å²) in [6, 6.07) is 0. The van der Waals surface area contributed by atoms with Crippen molar-refractivity contribution in [2.75, 3.05) is 26.2 Å². The van der Waals surface area contributed by atoms with E-state index in [1.807, 2.05) is 11.8 Å². The molecule has 92 valence electrons. The predicted octanol–water partition coefficient (Wildman–Crippen LogP) is -0.290. The summed E-state index contributed by atoms with van der Waals surface area (Å²) >= 11 is 0. The molecule has 1 fully saturated rings. The van der Waals surface area contributed by atoms with Gasteiger partial charge in [0.25, 0.3) is 0 Å². The largest absolute Gasteiger partial charge is 0.369 e. The van der Waals surface area contributed by atoms with Gasteiger partial charge in [-0.25, -0.2) is 0 Å². The van der Waals surface area contributed by atoms with E-state index in [1.54, 1.807) is 0 Å². The van der Waals surface area contributed by atoms with Crippen LogP contribution >= 0.6 is 0 Å². The number of rotatable bonds is 5. The lowest BCUT2D eigenvalue weighted by Gasteiger charge is -2.30. The van der Waals surface area contributed by atoms with Crippen molar-refractivity contribution in [2.45, 2.75) is 26.2 Å². The molecule has 1 saturated heterocycles. The summed E-state index contributed by atoms with van der Waals surface area (Å²) in [7, 11) is 0. The molecule has 3 N–H and O–H groups in total. The Morgan fingerprint density at radius 1 is 1.38 bits per heavy atom. The highest BCUT2D eigenvalue weighted by molar-refractivity contribution is 5.79. The van der Waals surface area contributed by atoms with Crippen molar-refractivity contribution in [3.63, 3.8) is 0 Å². The quantitative estimate of drug-likeness (QED) is 0.677. The lowest BCUT2D eigenvalue weighted by atomic mass is 9.96. The van der Waals surface area contributed by atoms with Crippen LogP contribution in [0, 0.1) is 5.92 Å². The Kier molecular flexibility index (Phi) is 5.25. The third kappa shape index (κ3) is 4.18. The van der Waals surface area contributed by atoms with Gasteiger partial charge in [0, 0.05) is 12.5 Å². The number of nitrogens with one attached hydrogen (secondary N) is 1. The molecule has 1 heterocycles. The van der Waals surface area contributed by atoms with Crippen LogP contribution in [-0.2, 0) is 9.59 Å². The van der Waals surface area contributed by atoms with E-state index in [0.717, 1.165) is 38.9 Å². The molecule has 0 atom stereocenters. The highest BCUT2D eigenvalue weighted by atomic mass is 16.2. The highest BCUT2D eigenvalue weighted by Gasteiger charge is 2.24. The summed E-state index contributed by atoms with van der Waals surface area (Å²) in [5, 5.41) is 2.91. The minimum atomic E-state index is -0.297. The van der Waals surface area contributed by atoms with Crippen molar-refractivity contribution in [3.8, 4) is 0 Å². The second kappa shape index (κ2) is 6.48. The van der Waals surface area contributed by atoms with Gasteiger partial charge >= 0.3 is 0 Å². The number of piperidine rings is 1. The molecule has 0 aromatic rings. The van der Waals surface area contributed by atoms with E-state index in [-0.39, 0.29) is 17.7 Å². The van der Waals surface area contributed by atoms with Crippen molar-refractivity contribution in [3.05, 3.63) is 0 Å². The van der Waals surface area contributed by atoms with Crippen LogP contribution < -0.4 is 11.1 Å². The highest BCUT2D eigenvalue weighted by Crippen LogP contribution is 2.16. The number of hydrogen-bond acceptors (Lipinski definition) is 3. The number of nitrogens with two attached hydrogens (primary N) is 1. The Labute approximate surface area is 96.4 Å². The molecule has 0 bridgehead atoms. The zero-order valence-corrected chi connectivity index (χ0v) is 9.87. The number of likely N-dealkylation sites (tertiary alicyclic amines) is 1. The summed E-state index contributed by atoms with van der Waals surface area (Å²) in [6.07, 6.45) is 2.61. The number of carbonyl (C=O) groups is 2. The van der Waals surface area contributed by atoms with E-state index >= 15 is 0 Å². The molecule has 5 heteroatoms. The van der Waals surface area contributed by atoms with E-state index < -0.39 is 0 Å². The molecule has 1 aliphatic heterocycles. The predicted molar refractivity (Wildman–Crippen MR) is 61.7 cm³/mol. The minimum absolute atomic E-state index is 0.107. The molecule has 1 rings (SSSR count). The zero-order chi connectivity index (χ0) is 12.0. The van der Waals surface area contributed by atoms with Crippen molar-refractivity contribution >= 4 is 11.8 Å². The first-order chi connectivity index (χ1) is 7.63. The number of hydrogen-bond donors (Lipinski definition) is 2. The van der Waals surface area contributed by atoms with Gasteiger partial charge in [0.2, 0.25) is 11.8 Å². The van der Waals surface area contributed by atoms with Crippen LogP contribution in [0.2, 0.25) is 0 Å². The van der Waals surface area contributed by atoms with Crippen LogP contribution in [0.4, 0.5) is 0 Å². The number of primary amides is 1. The van der Waals surface area contributed by atoms with Crippen molar-refractivity contribution < 1.29 is 9.59 Å². The van der Waals surface area contributed by atoms with Crippen molar-refractivity contribution in [1.29, 1.82) is 0 Å². The monoisotopic (exact) mass is 227 g/mol. The molecule has 0 radical (unpaired) electrons. The first-order valence-corrected chi connectivity index (χ1v) is 5.91. The average Bonchev–Trinajstić information content (AvgIpc) is 2.26. The Hall–Kier alpha value is -1.10. The van der Waals surface area contributed by atoms with Crippen LogP contribution in [0.5, 0.6) is 0 Å². The van der Waals surface area contributed by atoms with Crippen LogP contribution in [0.1, 0.15) is 26.2 Å². The maximum atomic E-state index is 11.7. The fourth-order valence-corrected chi connectivity index (χ4v) is 1.97. The lowest BCUT2D eigenvalue weighted by molar-refractivity contribution is -0.126. The first kappa shape index (κ1) is 13.0. The summed E-state index contributed by atoms with van der Waals surface area (Å²) < 4.78 is 0. The summed E-state index contributed by atoms with van der Waals surface area (Å²) in [5.41, 5.74) is 5.12. The van der Waals surface area contributed by atoms with Gasteiger partial charge in [0.05, 0.1) is 6.54 Å². The van der Waals surface area contributed by atoms with Crippen LogP contribution in [0.15, 0.2) is 0 Å². The molecule has 16 heavy (non-hydrogen) atoms. The standard InChI is InChI=1S/C11H21N3O2/c1-2-5-13-11(16)9-3-6-14(7-4-9)8-10(12)15/h9H,2-8H2,1H3,(H2,12,15)(H,13,16). The summed E-state index contributed by atoms with van der Waals surface area (Å²) in [6.45, 7) is 4.67. The molecule has 0 aliphatic carbocycles. The van der Waals surface area contributed by atoms with Gasteiger partial charge in [-0.3, -0.25) is 14.5 Å². The Morgan fingerprint density at radius 3 is 2.50 bits per heavy atom. The van der Waals surface area contributed by atoms with Gasteiger partial charge in [-0.1, -0.05) is 6.92 Å². The number of amides is 2. The van der Waals surface area contributed by atoms with Crippen molar-refractivity contribution in [1.82, 2.24) is 10.2 Å². The van der Waals surface area contributed by atoms with Crippen LogP contribution in [0.3, 0.4) is 0 Å². The molecule has 0 aromatic carbocycles. The number of nitrogens with zero attached hydrogens (tertiary/aromatic N) is 1. The third-order valence-electron chi connectivity index (χ3n) is 2.89. The maximum absolute atomic E-state index is 11.7. The van der Waals surface area contributed by atoms with Gasteiger partial charge in [0.1, 0.15) is 0 Å². The molecule has 0 spiro atoms. The van der Waals surface area contributed by atoms with Gasteiger partial charge in [-0.05, 0) is 32.4 Å². The SMILES string of the molecule is CCCNC(=O)C1CCN(CC(N)=O)CC1. The van der Waals surface area contributed by atoms with Gasteiger partial charge < -0.3 is 11.1 Å². The molecule has 0 aromatic heterocycles. The van der Waals surface area contributed by atoms with Crippen LogP contribution in [-0.4, -0.2) is 42.9 Å². The summed E-state index contributed by atoms with van der Waals surface area (Å²) in [5.74, 6) is -0.0369. The van der Waals surface area contributed by atoms with E-state index in [9.17, 15) is 9.59 Å². The lowest BCUT2D eigenvalue weighted by Crippen LogP contribution is -2.43. The molecular formula is C11H21N3O2. The van der Waals surface area contributed by atoms with Gasteiger partial charge in [-0.15, -0.1) is 0 Å². The fraction of sp³-hybridized carbons (Fsp3) is 0.818. The second-order valence-corrected chi connectivity index (χ2v) is 4.31. The normalized spacial score (nSPS) is 18.3. The smallest absolute Gasteiger partial charge is 0.231 e. The Bertz CT molecular complexity index is 248. The van der Waals surface area contributed by atoms with E-state index in [0.29, 0.717) is 6.54 Å². The number of carbonyl (C=O) groups excluding carboxylic acids is 2. The summed E-state index contributed by atoms with van der Waals surface area (Å²) in [4.78, 5) is 24.4. The maximum Gasteiger partial charge on any atom is 0.231 e. The van der Waals surface area contributed by atoms with E-state index in [4.69, 9.17) is 5.73 Å². The zero-order valence-electron chi connectivity index (χ0n) is 9.87. The fourth-order valence-electron chi connectivity index (χ4n) is 1.97. The van der Waals surface area contributed by atoms with Crippen LogP contribution in [0.25, 0.3) is 0 Å².